The lowest BCUT2D eigenvalue weighted by atomic mass is 10.0. The third kappa shape index (κ3) is 5.34. The first kappa shape index (κ1) is 23.2. The fourth-order valence-corrected chi connectivity index (χ4v) is 6.07. The summed E-state index contributed by atoms with van der Waals surface area (Å²) in [5.41, 5.74) is 2.04. The highest BCUT2D eigenvalue weighted by Crippen LogP contribution is 2.26. The van der Waals surface area contributed by atoms with Crippen LogP contribution in [-0.2, 0) is 32.4 Å². The first-order valence-electron chi connectivity index (χ1n) is 11.1. The molecule has 0 aliphatic carbocycles. The summed E-state index contributed by atoms with van der Waals surface area (Å²) in [7, 11) is -3.50. The van der Waals surface area contributed by atoms with Gasteiger partial charge in [0.2, 0.25) is 15.9 Å². The first-order chi connectivity index (χ1) is 15.4. The van der Waals surface area contributed by atoms with E-state index in [0.717, 1.165) is 42.0 Å². The Morgan fingerprint density at radius 2 is 1.75 bits per heavy atom. The van der Waals surface area contributed by atoms with Crippen molar-refractivity contribution in [1.29, 1.82) is 0 Å². The van der Waals surface area contributed by atoms with Crippen LogP contribution in [-0.4, -0.2) is 62.4 Å². The van der Waals surface area contributed by atoms with Gasteiger partial charge in [-0.15, -0.1) is 0 Å². The second-order valence-electron chi connectivity index (χ2n) is 8.34. The number of ether oxygens (including phenoxy) is 1. The van der Waals surface area contributed by atoms with Crippen LogP contribution in [0.15, 0.2) is 53.4 Å². The Hall–Kier alpha value is -1.93. The summed E-state index contributed by atoms with van der Waals surface area (Å²) in [4.78, 5) is 15.2. The number of morpholine rings is 1. The maximum atomic E-state index is 12.9. The molecule has 2 heterocycles. The summed E-state index contributed by atoms with van der Waals surface area (Å²) in [6.45, 7) is 2.39. The molecule has 2 aliphatic heterocycles. The van der Waals surface area contributed by atoms with E-state index in [1.165, 1.54) is 4.31 Å². The molecule has 6 nitrogen and oxygen atoms in total. The fourth-order valence-electron chi connectivity index (χ4n) is 4.45. The van der Waals surface area contributed by atoms with Gasteiger partial charge >= 0.3 is 0 Å². The molecule has 0 bridgehead atoms. The summed E-state index contributed by atoms with van der Waals surface area (Å²) < 4.78 is 32.2. The van der Waals surface area contributed by atoms with Gasteiger partial charge in [0.15, 0.2) is 0 Å². The van der Waals surface area contributed by atoms with Crippen molar-refractivity contribution in [3.8, 4) is 0 Å². The Balaban J connectivity index is 1.34. The fraction of sp³-hybridized carbons (Fsp3) is 0.458. The molecule has 1 amide bonds. The average molecular weight is 477 g/mol. The molecule has 2 saturated heterocycles. The largest absolute Gasteiger partial charge is 0.379 e. The topological polar surface area (TPSA) is 66.9 Å². The zero-order valence-corrected chi connectivity index (χ0v) is 19.7. The molecule has 8 heteroatoms. The number of carbonyl (C=O) groups is 1. The summed E-state index contributed by atoms with van der Waals surface area (Å²) in [6.07, 6.45) is 3.78. The van der Waals surface area contributed by atoms with Gasteiger partial charge in [0.25, 0.3) is 0 Å². The molecular weight excluding hydrogens is 448 g/mol. The molecule has 0 radical (unpaired) electrons. The number of nitrogens with zero attached hydrogens (tertiary/aromatic N) is 2. The maximum absolute atomic E-state index is 12.9. The second-order valence-corrected chi connectivity index (χ2v) is 10.7. The smallest absolute Gasteiger partial charge is 0.243 e. The molecule has 0 saturated carbocycles. The monoisotopic (exact) mass is 476 g/mol. The van der Waals surface area contributed by atoms with Crippen molar-refractivity contribution in [2.75, 3.05) is 32.8 Å². The molecule has 2 fully saturated rings. The third-order valence-electron chi connectivity index (χ3n) is 6.27. The van der Waals surface area contributed by atoms with Crippen LogP contribution < -0.4 is 0 Å². The number of hydrogen-bond acceptors (Lipinski definition) is 4. The Kier molecular flexibility index (Phi) is 7.51. The van der Waals surface area contributed by atoms with E-state index in [-0.39, 0.29) is 16.8 Å². The zero-order valence-electron chi connectivity index (χ0n) is 18.1. The number of aryl methyl sites for hydroxylation is 1. The normalized spacial score (nSPS) is 19.9. The SMILES string of the molecule is O=C(CCc1ccc(S(=O)(=O)N2CCOCC2)cc1)N1CCCC1Cc1ccccc1Cl. The van der Waals surface area contributed by atoms with Crippen molar-refractivity contribution in [2.24, 2.45) is 0 Å². The highest BCUT2D eigenvalue weighted by molar-refractivity contribution is 7.89. The molecule has 0 spiro atoms. The highest BCUT2D eigenvalue weighted by atomic mass is 35.5. The van der Waals surface area contributed by atoms with Gasteiger partial charge in [-0.2, -0.15) is 4.31 Å². The van der Waals surface area contributed by atoms with Gasteiger partial charge in [-0.1, -0.05) is 41.9 Å². The van der Waals surface area contributed by atoms with Gasteiger partial charge < -0.3 is 9.64 Å². The zero-order chi connectivity index (χ0) is 22.6. The van der Waals surface area contributed by atoms with E-state index < -0.39 is 10.0 Å². The van der Waals surface area contributed by atoms with E-state index in [4.69, 9.17) is 16.3 Å². The number of benzene rings is 2. The Bertz CT molecular complexity index is 1040. The molecule has 2 aliphatic rings. The maximum Gasteiger partial charge on any atom is 0.243 e. The van der Waals surface area contributed by atoms with Crippen LogP contribution in [0.25, 0.3) is 0 Å². The predicted octanol–water partition coefficient (Wildman–Crippen LogP) is 3.53. The number of halogens is 1. The van der Waals surface area contributed by atoms with Crippen LogP contribution >= 0.6 is 11.6 Å². The molecule has 1 unspecified atom stereocenters. The third-order valence-corrected chi connectivity index (χ3v) is 8.55. The van der Waals surface area contributed by atoms with Crippen LogP contribution in [0.4, 0.5) is 0 Å². The summed E-state index contributed by atoms with van der Waals surface area (Å²) in [5, 5.41) is 0.749. The number of hydrogen-bond donors (Lipinski definition) is 0. The van der Waals surface area contributed by atoms with E-state index in [1.54, 1.807) is 12.1 Å². The Morgan fingerprint density at radius 1 is 1.03 bits per heavy atom. The molecule has 0 aromatic heterocycles. The number of likely N-dealkylation sites (tertiary alicyclic amines) is 1. The van der Waals surface area contributed by atoms with E-state index in [1.807, 2.05) is 41.3 Å². The van der Waals surface area contributed by atoms with Gasteiger partial charge in [-0.25, -0.2) is 8.42 Å². The van der Waals surface area contributed by atoms with Gasteiger partial charge in [0.1, 0.15) is 0 Å². The molecule has 0 N–H and O–H groups in total. The number of rotatable bonds is 7. The first-order valence-corrected chi connectivity index (χ1v) is 13.0. The van der Waals surface area contributed by atoms with Crippen molar-refractivity contribution < 1.29 is 17.9 Å². The molecule has 32 heavy (non-hydrogen) atoms. The second kappa shape index (κ2) is 10.3. The van der Waals surface area contributed by atoms with E-state index >= 15 is 0 Å². The van der Waals surface area contributed by atoms with Crippen molar-refractivity contribution in [1.82, 2.24) is 9.21 Å². The van der Waals surface area contributed by atoms with Gasteiger partial charge in [-0.05, 0) is 55.0 Å². The van der Waals surface area contributed by atoms with Gasteiger partial charge in [0.05, 0.1) is 18.1 Å². The standard InChI is InChI=1S/C24H29ClN2O4S/c25-23-6-2-1-4-20(23)18-21-5-3-13-27(21)24(28)12-9-19-7-10-22(11-8-19)32(29,30)26-14-16-31-17-15-26/h1-2,4,6-8,10-11,21H,3,5,9,12-18H2. The minimum absolute atomic E-state index is 0.143. The Labute approximate surface area is 195 Å². The lowest BCUT2D eigenvalue weighted by Crippen LogP contribution is -2.40. The van der Waals surface area contributed by atoms with Crippen LogP contribution in [0, 0.1) is 0 Å². The highest BCUT2D eigenvalue weighted by Gasteiger charge is 2.29. The number of carbonyl (C=O) groups excluding carboxylic acids is 1. The molecule has 172 valence electrons. The molecule has 4 rings (SSSR count). The van der Waals surface area contributed by atoms with E-state index in [2.05, 4.69) is 0 Å². The quantitative estimate of drug-likeness (QED) is 0.613. The van der Waals surface area contributed by atoms with Gasteiger partial charge in [-0.3, -0.25) is 4.79 Å². The van der Waals surface area contributed by atoms with Gasteiger partial charge in [0, 0.05) is 37.1 Å². The number of amides is 1. The summed E-state index contributed by atoms with van der Waals surface area (Å²) in [6, 6.07) is 14.9. The lowest BCUT2D eigenvalue weighted by Gasteiger charge is -2.26. The molecule has 2 aromatic carbocycles. The van der Waals surface area contributed by atoms with Crippen LogP contribution in [0.2, 0.25) is 5.02 Å². The predicted molar refractivity (Wildman–Crippen MR) is 124 cm³/mol. The van der Waals surface area contributed by atoms with Crippen molar-refractivity contribution in [3.05, 3.63) is 64.7 Å². The van der Waals surface area contributed by atoms with Crippen molar-refractivity contribution in [2.45, 2.75) is 43.0 Å². The number of sulfonamides is 1. The van der Waals surface area contributed by atoms with Crippen LogP contribution in [0.1, 0.15) is 30.4 Å². The lowest BCUT2D eigenvalue weighted by molar-refractivity contribution is -0.131. The van der Waals surface area contributed by atoms with E-state index in [9.17, 15) is 13.2 Å². The van der Waals surface area contributed by atoms with Crippen LogP contribution in [0.3, 0.4) is 0 Å². The van der Waals surface area contributed by atoms with Crippen molar-refractivity contribution >= 4 is 27.5 Å². The molecule has 1 atom stereocenters. The summed E-state index contributed by atoms with van der Waals surface area (Å²) >= 11 is 6.31. The van der Waals surface area contributed by atoms with Crippen molar-refractivity contribution in [3.63, 3.8) is 0 Å². The minimum Gasteiger partial charge on any atom is -0.379 e. The molecule has 2 aromatic rings. The average Bonchev–Trinajstić information content (AvgIpc) is 3.28. The van der Waals surface area contributed by atoms with Crippen LogP contribution in [0.5, 0.6) is 0 Å². The minimum atomic E-state index is -3.50. The Morgan fingerprint density at radius 3 is 2.47 bits per heavy atom. The summed E-state index contributed by atoms with van der Waals surface area (Å²) in [5.74, 6) is 0.143. The molecular formula is C24H29ClN2O4S. The van der Waals surface area contributed by atoms with E-state index in [0.29, 0.717) is 39.1 Å².